The summed E-state index contributed by atoms with van der Waals surface area (Å²) in [6, 6.07) is 13.8. The number of benzene rings is 2. The topological polar surface area (TPSA) is 46.6 Å². The summed E-state index contributed by atoms with van der Waals surface area (Å²) in [5.41, 5.74) is 4.14. The molecular weight excluding hydrogens is 358 g/mol. The summed E-state index contributed by atoms with van der Waals surface area (Å²) in [5, 5.41) is 0.441. The Hall–Kier alpha value is -2.27. The van der Waals surface area contributed by atoms with E-state index in [2.05, 4.69) is 6.92 Å². The van der Waals surface area contributed by atoms with Crippen molar-refractivity contribution in [2.24, 2.45) is 0 Å². The smallest absolute Gasteiger partial charge is 0.310 e. The molecule has 0 radical (unpaired) electrons. The fraction of sp³-hybridized carbons (Fsp3) is 0.364. The van der Waals surface area contributed by atoms with E-state index >= 15 is 0 Å². The van der Waals surface area contributed by atoms with E-state index in [9.17, 15) is 9.59 Å². The molecule has 0 unspecified atom stereocenters. The Balaban J connectivity index is 1.61. The zero-order chi connectivity index (χ0) is 19.4. The third-order valence-corrected chi connectivity index (χ3v) is 6.06. The van der Waals surface area contributed by atoms with Crippen LogP contribution in [-0.2, 0) is 20.7 Å². The molecule has 5 heteroatoms. The van der Waals surface area contributed by atoms with Gasteiger partial charge in [0.25, 0.3) is 5.91 Å². The van der Waals surface area contributed by atoms with Crippen molar-refractivity contribution in [2.45, 2.75) is 43.8 Å². The van der Waals surface area contributed by atoms with Crippen molar-refractivity contribution in [3.8, 4) is 0 Å². The van der Waals surface area contributed by atoms with Gasteiger partial charge in [0, 0.05) is 16.7 Å². The van der Waals surface area contributed by atoms with Crippen LogP contribution in [0.3, 0.4) is 0 Å². The van der Waals surface area contributed by atoms with Crippen molar-refractivity contribution in [2.75, 3.05) is 18.1 Å². The molecule has 142 valence electrons. The Labute approximate surface area is 164 Å². The fourth-order valence-corrected chi connectivity index (χ4v) is 4.21. The maximum Gasteiger partial charge on any atom is 0.310 e. The number of para-hydroxylation sites is 1. The highest BCUT2D eigenvalue weighted by Crippen LogP contribution is 2.37. The second-order valence-corrected chi connectivity index (χ2v) is 8.47. The number of amides is 1. The summed E-state index contributed by atoms with van der Waals surface area (Å²) in [7, 11) is 0. The molecule has 2 aromatic carbocycles. The van der Waals surface area contributed by atoms with E-state index in [-0.39, 0.29) is 24.9 Å². The molecule has 0 saturated heterocycles. The maximum atomic E-state index is 12.7. The summed E-state index contributed by atoms with van der Waals surface area (Å²) in [6.45, 7) is 6.63. The van der Waals surface area contributed by atoms with Crippen molar-refractivity contribution in [3.63, 3.8) is 0 Å². The van der Waals surface area contributed by atoms with Gasteiger partial charge in [0.05, 0.1) is 12.1 Å². The monoisotopic (exact) mass is 383 g/mol. The number of hydrogen-bond acceptors (Lipinski definition) is 4. The lowest BCUT2D eigenvalue weighted by Gasteiger charge is -2.22. The van der Waals surface area contributed by atoms with Crippen LogP contribution in [0.2, 0.25) is 0 Å². The molecule has 3 rings (SSSR count). The first-order valence-corrected chi connectivity index (χ1v) is 10.1. The number of ether oxygens (including phenoxy) is 1. The number of carbonyl (C=O) groups excluding carboxylic acids is 2. The van der Waals surface area contributed by atoms with Crippen molar-refractivity contribution < 1.29 is 14.3 Å². The van der Waals surface area contributed by atoms with Crippen molar-refractivity contribution in [1.29, 1.82) is 0 Å². The zero-order valence-corrected chi connectivity index (χ0v) is 16.8. The normalized spacial score (nSPS) is 16.4. The highest BCUT2D eigenvalue weighted by atomic mass is 32.2. The van der Waals surface area contributed by atoms with E-state index < -0.39 is 0 Å². The van der Waals surface area contributed by atoms with E-state index in [4.69, 9.17) is 4.74 Å². The van der Waals surface area contributed by atoms with Gasteiger partial charge in [0.2, 0.25) is 0 Å². The summed E-state index contributed by atoms with van der Waals surface area (Å²) in [5.74, 6) is -0.553. The first kappa shape index (κ1) is 19.5. The SMILES string of the molecule is Cc1ccc(CC(=O)OCC(=O)N2CC[C@H](C)Sc3ccccc32)cc1C. The van der Waals surface area contributed by atoms with Crippen molar-refractivity contribution >= 4 is 29.3 Å². The molecule has 0 fully saturated rings. The highest BCUT2D eigenvalue weighted by Gasteiger charge is 2.24. The van der Waals surface area contributed by atoms with Crippen LogP contribution < -0.4 is 4.90 Å². The molecule has 0 aliphatic carbocycles. The molecule has 0 aromatic heterocycles. The highest BCUT2D eigenvalue weighted by molar-refractivity contribution is 8.00. The Morgan fingerprint density at radius 1 is 1.15 bits per heavy atom. The van der Waals surface area contributed by atoms with Gasteiger partial charge in [0.1, 0.15) is 0 Å². The summed E-state index contributed by atoms with van der Waals surface area (Å²) in [6.07, 6.45) is 1.08. The largest absolute Gasteiger partial charge is 0.455 e. The number of thioether (sulfide) groups is 1. The molecule has 1 amide bonds. The number of rotatable bonds is 4. The molecule has 2 aromatic rings. The van der Waals surface area contributed by atoms with Crippen LogP contribution in [0, 0.1) is 13.8 Å². The number of anilines is 1. The Morgan fingerprint density at radius 3 is 2.70 bits per heavy atom. The van der Waals surface area contributed by atoms with Gasteiger partial charge in [-0.2, -0.15) is 0 Å². The molecule has 0 spiro atoms. The standard InChI is InChI=1S/C22H25NO3S/c1-15-8-9-18(12-16(15)2)13-22(25)26-14-21(24)23-11-10-17(3)27-20-7-5-4-6-19(20)23/h4-9,12,17H,10-11,13-14H2,1-3H3/t17-/m0/s1. The minimum Gasteiger partial charge on any atom is -0.455 e. The number of hydrogen-bond donors (Lipinski definition) is 0. The van der Waals surface area contributed by atoms with Gasteiger partial charge in [0.15, 0.2) is 6.61 Å². The predicted molar refractivity (Wildman–Crippen MR) is 109 cm³/mol. The molecule has 27 heavy (non-hydrogen) atoms. The van der Waals surface area contributed by atoms with Crippen LogP contribution in [0.4, 0.5) is 5.69 Å². The van der Waals surface area contributed by atoms with Crippen LogP contribution in [0.15, 0.2) is 47.4 Å². The average molecular weight is 384 g/mol. The number of nitrogens with zero attached hydrogens (tertiary/aromatic N) is 1. The van der Waals surface area contributed by atoms with Gasteiger partial charge in [-0.05, 0) is 49.1 Å². The lowest BCUT2D eigenvalue weighted by atomic mass is 10.0. The molecule has 4 nitrogen and oxygen atoms in total. The quantitative estimate of drug-likeness (QED) is 0.738. The summed E-state index contributed by atoms with van der Waals surface area (Å²) < 4.78 is 5.28. The number of carbonyl (C=O) groups is 2. The Bertz CT molecular complexity index is 849. The van der Waals surface area contributed by atoms with E-state index in [0.717, 1.165) is 28.1 Å². The number of fused-ring (bicyclic) bond motifs is 1. The molecule has 1 aliphatic rings. The fourth-order valence-electron chi connectivity index (χ4n) is 3.10. The van der Waals surface area contributed by atoms with Gasteiger partial charge in [-0.1, -0.05) is 37.3 Å². The van der Waals surface area contributed by atoms with E-state index in [0.29, 0.717) is 11.8 Å². The van der Waals surface area contributed by atoms with E-state index in [1.165, 1.54) is 5.56 Å². The van der Waals surface area contributed by atoms with Gasteiger partial charge in [-0.3, -0.25) is 9.59 Å². The molecule has 0 saturated carbocycles. The zero-order valence-electron chi connectivity index (χ0n) is 16.0. The Kier molecular flexibility index (Phi) is 6.22. The van der Waals surface area contributed by atoms with Gasteiger partial charge in [-0.25, -0.2) is 0 Å². The summed E-state index contributed by atoms with van der Waals surface area (Å²) >= 11 is 1.78. The van der Waals surface area contributed by atoms with Gasteiger partial charge in [-0.15, -0.1) is 11.8 Å². The summed E-state index contributed by atoms with van der Waals surface area (Å²) in [4.78, 5) is 27.7. The van der Waals surface area contributed by atoms with Gasteiger partial charge >= 0.3 is 5.97 Å². The minimum absolute atomic E-state index is 0.175. The van der Waals surface area contributed by atoms with Crippen LogP contribution >= 0.6 is 11.8 Å². The lowest BCUT2D eigenvalue weighted by molar-refractivity contribution is -0.147. The first-order chi connectivity index (χ1) is 12.9. The maximum absolute atomic E-state index is 12.7. The molecule has 0 N–H and O–H groups in total. The molecule has 1 atom stereocenters. The van der Waals surface area contributed by atoms with Crippen LogP contribution in [0.5, 0.6) is 0 Å². The average Bonchev–Trinajstić information content (AvgIpc) is 2.81. The second kappa shape index (κ2) is 8.61. The third kappa shape index (κ3) is 4.92. The first-order valence-electron chi connectivity index (χ1n) is 9.22. The van der Waals surface area contributed by atoms with Gasteiger partial charge < -0.3 is 9.64 Å². The second-order valence-electron chi connectivity index (χ2n) is 6.99. The molecule has 1 aliphatic heterocycles. The molecule has 1 heterocycles. The van der Waals surface area contributed by atoms with Crippen LogP contribution in [-0.4, -0.2) is 30.3 Å². The Morgan fingerprint density at radius 2 is 1.93 bits per heavy atom. The van der Waals surface area contributed by atoms with E-state index in [1.54, 1.807) is 16.7 Å². The number of esters is 1. The van der Waals surface area contributed by atoms with Crippen molar-refractivity contribution in [3.05, 3.63) is 59.2 Å². The number of aryl methyl sites for hydroxylation is 2. The molecule has 0 bridgehead atoms. The molecular formula is C22H25NO3S. The lowest BCUT2D eigenvalue weighted by Crippen LogP contribution is -2.36. The van der Waals surface area contributed by atoms with Crippen molar-refractivity contribution in [1.82, 2.24) is 0 Å². The minimum atomic E-state index is -0.377. The third-order valence-electron chi connectivity index (χ3n) is 4.82. The predicted octanol–water partition coefficient (Wildman–Crippen LogP) is 4.31. The van der Waals surface area contributed by atoms with Crippen LogP contribution in [0.1, 0.15) is 30.0 Å². The van der Waals surface area contributed by atoms with E-state index in [1.807, 2.05) is 56.3 Å². The van der Waals surface area contributed by atoms with Crippen LogP contribution in [0.25, 0.3) is 0 Å².